The fourth-order valence-electron chi connectivity index (χ4n) is 0.535. The summed E-state index contributed by atoms with van der Waals surface area (Å²) in [6.45, 7) is 4.26. The van der Waals surface area contributed by atoms with Gasteiger partial charge >= 0.3 is 0 Å². The molecule has 0 aromatic heterocycles. The molecule has 1 atom stereocenters. The molecule has 2 nitrogen and oxygen atoms in total. The van der Waals surface area contributed by atoms with Crippen LogP contribution in [0.25, 0.3) is 0 Å². The van der Waals surface area contributed by atoms with E-state index in [9.17, 15) is 0 Å². The Balaban J connectivity index is 3.07. The molecule has 0 fully saturated rings. The first kappa shape index (κ1) is 8.14. The van der Waals surface area contributed by atoms with E-state index in [0.717, 1.165) is 6.42 Å². The van der Waals surface area contributed by atoms with E-state index in [1.807, 2.05) is 6.92 Å². The third kappa shape index (κ3) is 3.18. The van der Waals surface area contributed by atoms with Crippen LogP contribution in [0, 0.1) is 0 Å². The van der Waals surface area contributed by atoms with Crippen molar-refractivity contribution < 1.29 is 9.53 Å². The molecule has 8 heavy (non-hydrogen) atoms. The van der Waals surface area contributed by atoms with Gasteiger partial charge in [-0.15, -0.1) is 0 Å². The largest absolute Gasteiger partial charge is 0.419 e. The van der Waals surface area contributed by atoms with Crippen LogP contribution in [0.1, 0.15) is 13.3 Å². The predicted octanol–water partition coefficient (Wildman–Crippen LogP) is -0.0942. The summed E-state index contributed by atoms with van der Waals surface area (Å²) in [6.07, 6.45) is 1.05. The highest BCUT2D eigenvalue weighted by atomic mass is 28.2. The molecule has 0 bridgehead atoms. The Labute approximate surface area is 52.8 Å². The fourth-order valence-corrected chi connectivity index (χ4v) is 1.35. The molecule has 50 valence electrons. The zero-order valence-electron chi connectivity index (χ0n) is 5.55. The van der Waals surface area contributed by atoms with Gasteiger partial charge in [0.05, 0.1) is 12.7 Å². The average Bonchev–Trinajstić information content (AvgIpc) is 1.83. The summed E-state index contributed by atoms with van der Waals surface area (Å²) < 4.78 is 5.23. The first-order valence-electron chi connectivity index (χ1n) is 3.07. The van der Waals surface area contributed by atoms with E-state index in [4.69, 9.17) is 9.53 Å². The number of aliphatic hydroxyl groups is 1. The van der Waals surface area contributed by atoms with Crippen LogP contribution >= 0.6 is 0 Å². The third-order valence-corrected chi connectivity index (χ3v) is 1.87. The summed E-state index contributed by atoms with van der Waals surface area (Å²) in [5.74, 6) is 0. The van der Waals surface area contributed by atoms with Gasteiger partial charge < -0.3 is 9.53 Å². The Bertz CT molecular complexity index is 45.7. The van der Waals surface area contributed by atoms with Crippen LogP contribution in [-0.4, -0.2) is 27.6 Å². The maximum Gasteiger partial charge on any atom is 0.159 e. The van der Waals surface area contributed by atoms with Crippen LogP contribution in [0.3, 0.4) is 0 Å². The standard InChI is InChI=1S/C5H14O2Si/c1-3-5(4-6)7-8-2/h5-6H,3-4,8H2,1-2H3. The first-order valence-corrected chi connectivity index (χ1v) is 5.06. The van der Waals surface area contributed by atoms with Crippen LogP contribution in [0.15, 0.2) is 0 Å². The average molecular weight is 134 g/mol. The summed E-state index contributed by atoms with van der Waals surface area (Å²) in [7, 11) is -0.315. The van der Waals surface area contributed by atoms with E-state index < -0.39 is 0 Å². The minimum Gasteiger partial charge on any atom is -0.419 e. The maximum atomic E-state index is 8.55. The van der Waals surface area contributed by atoms with Crippen molar-refractivity contribution in [2.24, 2.45) is 0 Å². The van der Waals surface area contributed by atoms with Crippen molar-refractivity contribution >= 4 is 9.76 Å². The molecule has 0 spiro atoms. The number of hydrogen-bond acceptors (Lipinski definition) is 2. The molecule has 0 aromatic rings. The van der Waals surface area contributed by atoms with Gasteiger partial charge in [0.15, 0.2) is 9.76 Å². The van der Waals surface area contributed by atoms with E-state index in [1.165, 1.54) is 0 Å². The van der Waals surface area contributed by atoms with Gasteiger partial charge in [0.2, 0.25) is 0 Å². The van der Waals surface area contributed by atoms with Crippen molar-refractivity contribution in [1.82, 2.24) is 0 Å². The molecule has 0 rings (SSSR count). The Morgan fingerprint density at radius 2 is 2.38 bits per heavy atom. The third-order valence-electron chi connectivity index (χ3n) is 1.06. The second kappa shape index (κ2) is 5.28. The highest BCUT2D eigenvalue weighted by molar-refractivity contribution is 6.24. The molecule has 3 heteroatoms. The Hall–Kier alpha value is 0.137. The van der Waals surface area contributed by atoms with Crippen LogP contribution in [0.5, 0.6) is 0 Å². The second-order valence-corrected chi connectivity index (χ2v) is 2.58. The first-order chi connectivity index (χ1) is 3.85. The van der Waals surface area contributed by atoms with Gasteiger partial charge in [0, 0.05) is 0 Å². The molecule has 0 radical (unpaired) electrons. The Morgan fingerprint density at radius 1 is 1.75 bits per heavy atom. The molecule has 1 N–H and O–H groups in total. The van der Waals surface area contributed by atoms with Gasteiger partial charge in [-0.1, -0.05) is 13.5 Å². The highest BCUT2D eigenvalue weighted by Gasteiger charge is 1.99. The van der Waals surface area contributed by atoms with Crippen molar-refractivity contribution in [2.75, 3.05) is 6.61 Å². The normalized spacial score (nSPS) is 15.4. The smallest absolute Gasteiger partial charge is 0.159 e. The molecule has 0 aliphatic carbocycles. The van der Waals surface area contributed by atoms with Crippen LogP contribution in [0.4, 0.5) is 0 Å². The molecule has 0 saturated carbocycles. The van der Waals surface area contributed by atoms with Crippen LogP contribution in [-0.2, 0) is 4.43 Å². The fraction of sp³-hybridized carbons (Fsp3) is 1.00. The number of rotatable bonds is 4. The molecule has 0 saturated heterocycles. The second-order valence-electron chi connectivity index (χ2n) is 1.67. The molecule has 0 aliphatic heterocycles. The SMILES string of the molecule is CCC(CO)O[SiH2]C. The summed E-state index contributed by atoms with van der Waals surface area (Å²) in [5.41, 5.74) is 0. The molecule has 0 aliphatic rings. The topological polar surface area (TPSA) is 29.5 Å². The summed E-state index contributed by atoms with van der Waals surface area (Å²) in [4.78, 5) is 0. The Kier molecular flexibility index (Phi) is 5.37. The van der Waals surface area contributed by atoms with Crippen molar-refractivity contribution in [3.8, 4) is 0 Å². The summed E-state index contributed by atoms with van der Waals surface area (Å²) >= 11 is 0. The number of hydrogen-bond donors (Lipinski definition) is 1. The van der Waals surface area contributed by atoms with E-state index in [1.54, 1.807) is 0 Å². The lowest BCUT2D eigenvalue weighted by molar-refractivity contribution is 0.118. The van der Waals surface area contributed by atoms with Crippen molar-refractivity contribution in [1.29, 1.82) is 0 Å². The number of aliphatic hydroxyl groups excluding tert-OH is 1. The molecule has 1 unspecified atom stereocenters. The van der Waals surface area contributed by atoms with E-state index in [2.05, 4.69) is 6.55 Å². The molecule has 0 amide bonds. The van der Waals surface area contributed by atoms with Crippen LogP contribution in [0.2, 0.25) is 6.55 Å². The summed E-state index contributed by atoms with van der Waals surface area (Å²) in [6, 6.07) is 0. The van der Waals surface area contributed by atoms with Crippen molar-refractivity contribution in [3.63, 3.8) is 0 Å². The highest BCUT2D eigenvalue weighted by Crippen LogP contribution is 1.93. The Morgan fingerprint density at radius 3 is 2.50 bits per heavy atom. The van der Waals surface area contributed by atoms with Gasteiger partial charge in [0.25, 0.3) is 0 Å². The van der Waals surface area contributed by atoms with Crippen molar-refractivity contribution in [3.05, 3.63) is 0 Å². The quantitative estimate of drug-likeness (QED) is 0.544. The zero-order valence-corrected chi connectivity index (χ0v) is 6.97. The molecular weight excluding hydrogens is 120 g/mol. The summed E-state index contributed by atoms with van der Waals surface area (Å²) in [5, 5.41) is 8.55. The molecule has 0 heterocycles. The van der Waals surface area contributed by atoms with Crippen molar-refractivity contribution in [2.45, 2.75) is 26.0 Å². The predicted molar refractivity (Wildman–Crippen MR) is 36.7 cm³/mol. The van der Waals surface area contributed by atoms with Gasteiger partial charge in [-0.3, -0.25) is 0 Å². The zero-order chi connectivity index (χ0) is 6.41. The lowest BCUT2D eigenvalue weighted by Gasteiger charge is -2.10. The minimum absolute atomic E-state index is 0.117. The van der Waals surface area contributed by atoms with Gasteiger partial charge in [-0.05, 0) is 6.42 Å². The van der Waals surface area contributed by atoms with Gasteiger partial charge in [-0.25, -0.2) is 0 Å². The van der Waals surface area contributed by atoms with Crippen LogP contribution < -0.4 is 0 Å². The van der Waals surface area contributed by atoms with E-state index in [0.29, 0.717) is 0 Å². The minimum atomic E-state index is -0.315. The maximum absolute atomic E-state index is 8.55. The van der Waals surface area contributed by atoms with E-state index in [-0.39, 0.29) is 22.5 Å². The van der Waals surface area contributed by atoms with Gasteiger partial charge in [0.1, 0.15) is 0 Å². The lowest BCUT2D eigenvalue weighted by atomic mass is 10.3. The molecule has 0 aromatic carbocycles. The monoisotopic (exact) mass is 134 g/mol. The van der Waals surface area contributed by atoms with Gasteiger partial charge in [-0.2, -0.15) is 0 Å². The molecular formula is C5H14O2Si. The van der Waals surface area contributed by atoms with E-state index >= 15 is 0 Å². The lowest BCUT2D eigenvalue weighted by Crippen LogP contribution is -2.17.